The monoisotopic (exact) mass is 276 g/mol. The van der Waals surface area contributed by atoms with Crippen LogP contribution in [0.4, 0.5) is 0 Å². The number of nitrogens with one attached hydrogen (secondary N) is 2. The first-order valence-electron chi connectivity index (χ1n) is 7.10. The third-order valence-electron chi connectivity index (χ3n) is 4.71. The van der Waals surface area contributed by atoms with Crippen LogP contribution in [0.5, 0.6) is 0 Å². The molecular weight excluding hydrogens is 255 g/mol. The quantitative estimate of drug-likeness (QED) is 0.766. The van der Waals surface area contributed by atoms with Crippen LogP contribution >= 0.6 is 0 Å². The maximum atomic E-state index is 12.3. The van der Waals surface area contributed by atoms with Crippen molar-refractivity contribution >= 4 is 12.6 Å². The molecule has 108 valence electrons. The lowest BCUT2D eigenvalue weighted by Gasteiger charge is -2.32. The van der Waals surface area contributed by atoms with Crippen molar-refractivity contribution in [3.8, 4) is 0 Å². The number of H-pyrrole nitrogens is 1. The van der Waals surface area contributed by atoms with Crippen molar-refractivity contribution < 1.29 is 9.31 Å². The summed E-state index contributed by atoms with van der Waals surface area (Å²) < 4.78 is 12.1. The Balaban J connectivity index is 2.01. The molecule has 2 fully saturated rings. The van der Waals surface area contributed by atoms with Crippen LogP contribution in [0.3, 0.4) is 0 Å². The van der Waals surface area contributed by atoms with Gasteiger partial charge in [0, 0.05) is 42.4 Å². The number of aromatic amines is 1. The highest BCUT2D eigenvalue weighted by Crippen LogP contribution is 2.36. The van der Waals surface area contributed by atoms with Gasteiger partial charge in [-0.2, -0.15) is 0 Å². The average Bonchev–Trinajstić information content (AvgIpc) is 2.45. The van der Waals surface area contributed by atoms with Crippen LogP contribution in [-0.2, 0) is 9.31 Å². The van der Waals surface area contributed by atoms with E-state index in [4.69, 9.17) is 9.31 Å². The van der Waals surface area contributed by atoms with Crippen LogP contribution in [-0.4, -0.2) is 36.4 Å². The number of hydrogen-bond donors (Lipinski definition) is 2. The highest BCUT2D eigenvalue weighted by molar-refractivity contribution is 6.62. The Kier molecular flexibility index (Phi) is 3.08. The Bertz CT molecular complexity index is 562. The molecule has 0 aliphatic carbocycles. The maximum absolute atomic E-state index is 12.3. The van der Waals surface area contributed by atoms with Gasteiger partial charge in [0.2, 0.25) is 0 Å². The van der Waals surface area contributed by atoms with Gasteiger partial charge in [-0.05, 0) is 27.7 Å². The standard InChI is InChI=1S/C14H21BN2O3/c1-13(2)14(3,4)20-15(19-13)11-10(18)5-6-17-12(11)9-7-16-8-9/h5-6,9,16H,7-8H2,1-4H3,(H,17,18). The smallest absolute Gasteiger partial charge is 0.399 e. The predicted molar refractivity (Wildman–Crippen MR) is 78.4 cm³/mol. The van der Waals surface area contributed by atoms with E-state index in [2.05, 4.69) is 10.3 Å². The minimum absolute atomic E-state index is 0.0239. The van der Waals surface area contributed by atoms with Crippen molar-refractivity contribution in [3.63, 3.8) is 0 Å². The lowest BCUT2D eigenvalue weighted by molar-refractivity contribution is 0.00578. The first-order chi connectivity index (χ1) is 9.32. The Hall–Kier alpha value is -1.11. The molecule has 0 amide bonds. The van der Waals surface area contributed by atoms with Crippen LogP contribution in [0.15, 0.2) is 17.1 Å². The molecule has 0 unspecified atom stereocenters. The van der Waals surface area contributed by atoms with Crippen LogP contribution in [0.1, 0.15) is 39.3 Å². The zero-order valence-corrected chi connectivity index (χ0v) is 12.4. The van der Waals surface area contributed by atoms with Gasteiger partial charge in [-0.3, -0.25) is 4.79 Å². The van der Waals surface area contributed by atoms with Crippen LogP contribution in [0, 0.1) is 0 Å². The second-order valence-electron chi connectivity index (χ2n) is 6.61. The van der Waals surface area contributed by atoms with E-state index >= 15 is 0 Å². The van der Waals surface area contributed by atoms with Crippen LogP contribution in [0.2, 0.25) is 0 Å². The fourth-order valence-electron chi connectivity index (χ4n) is 2.54. The van der Waals surface area contributed by atoms with Gasteiger partial charge in [-0.15, -0.1) is 0 Å². The molecule has 5 nitrogen and oxygen atoms in total. The van der Waals surface area contributed by atoms with Crippen molar-refractivity contribution in [2.45, 2.75) is 44.8 Å². The fourth-order valence-corrected chi connectivity index (χ4v) is 2.54. The molecule has 3 heterocycles. The van der Waals surface area contributed by atoms with E-state index in [0.29, 0.717) is 11.4 Å². The molecule has 1 aromatic rings. The van der Waals surface area contributed by atoms with Gasteiger partial charge in [0.15, 0.2) is 5.43 Å². The van der Waals surface area contributed by atoms with Gasteiger partial charge in [0.25, 0.3) is 0 Å². The molecule has 2 aliphatic heterocycles. The zero-order chi connectivity index (χ0) is 14.5. The molecule has 2 N–H and O–H groups in total. The molecule has 3 rings (SSSR count). The number of rotatable bonds is 2. The molecule has 0 radical (unpaired) electrons. The molecule has 2 saturated heterocycles. The molecule has 2 aliphatic rings. The van der Waals surface area contributed by atoms with Gasteiger partial charge in [0.1, 0.15) is 0 Å². The first kappa shape index (κ1) is 13.9. The molecule has 1 aromatic heterocycles. The topological polar surface area (TPSA) is 63.3 Å². The van der Waals surface area contributed by atoms with Gasteiger partial charge in [0.05, 0.1) is 11.2 Å². The SMILES string of the molecule is CC1(C)OB(c2c(C3CNC3)[nH]ccc2=O)OC1(C)C. The summed E-state index contributed by atoms with van der Waals surface area (Å²) in [6.07, 6.45) is 1.70. The molecule has 0 saturated carbocycles. The van der Waals surface area contributed by atoms with Crippen molar-refractivity contribution in [3.05, 3.63) is 28.2 Å². The summed E-state index contributed by atoms with van der Waals surface area (Å²) in [7, 11) is -0.597. The lowest BCUT2D eigenvalue weighted by atomic mass is 9.74. The molecule has 0 spiro atoms. The Morgan fingerprint density at radius 3 is 2.30 bits per heavy atom. The first-order valence-corrected chi connectivity index (χ1v) is 7.10. The third-order valence-corrected chi connectivity index (χ3v) is 4.71. The van der Waals surface area contributed by atoms with Crippen molar-refractivity contribution in [2.24, 2.45) is 0 Å². The number of hydrogen-bond acceptors (Lipinski definition) is 4. The Morgan fingerprint density at radius 1 is 1.20 bits per heavy atom. The van der Waals surface area contributed by atoms with E-state index in [1.54, 1.807) is 6.20 Å². The van der Waals surface area contributed by atoms with E-state index in [1.165, 1.54) is 6.07 Å². The van der Waals surface area contributed by atoms with Gasteiger partial charge < -0.3 is 19.6 Å². The van der Waals surface area contributed by atoms with E-state index in [1.807, 2.05) is 27.7 Å². The normalized spacial score (nSPS) is 24.7. The largest absolute Gasteiger partial charge is 0.500 e. The highest BCUT2D eigenvalue weighted by atomic mass is 16.7. The summed E-state index contributed by atoms with van der Waals surface area (Å²) in [5.41, 5.74) is 0.668. The highest BCUT2D eigenvalue weighted by Gasteiger charge is 2.53. The molecule has 0 atom stereocenters. The van der Waals surface area contributed by atoms with Crippen LogP contribution in [0.25, 0.3) is 0 Å². The summed E-state index contributed by atoms with van der Waals surface area (Å²) >= 11 is 0. The van der Waals surface area contributed by atoms with E-state index in [9.17, 15) is 4.79 Å². The summed E-state index contributed by atoms with van der Waals surface area (Å²) in [6, 6.07) is 1.54. The summed E-state index contributed by atoms with van der Waals surface area (Å²) in [5.74, 6) is 0.331. The van der Waals surface area contributed by atoms with Crippen molar-refractivity contribution in [1.29, 1.82) is 0 Å². The van der Waals surface area contributed by atoms with E-state index in [-0.39, 0.29) is 5.43 Å². The molecule has 0 aromatic carbocycles. The fraction of sp³-hybridized carbons (Fsp3) is 0.643. The van der Waals surface area contributed by atoms with E-state index < -0.39 is 18.3 Å². The van der Waals surface area contributed by atoms with Crippen LogP contribution < -0.4 is 16.2 Å². The summed E-state index contributed by atoms with van der Waals surface area (Å²) in [5, 5.41) is 3.23. The predicted octanol–water partition coefficient (Wildman–Crippen LogP) is 0.361. The zero-order valence-electron chi connectivity index (χ0n) is 12.4. The second-order valence-corrected chi connectivity index (χ2v) is 6.61. The molecule has 6 heteroatoms. The summed E-state index contributed by atoms with van der Waals surface area (Å²) in [6.45, 7) is 9.74. The van der Waals surface area contributed by atoms with Crippen molar-refractivity contribution in [2.75, 3.05) is 13.1 Å². The Morgan fingerprint density at radius 2 is 1.80 bits per heavy atom. The molecular formula is C14H21BN2O3. The second kappa shape index (κ2) is 4.45. The van der Waals surface area contributed by atoms with Gasteiger partial charge in [-0.25, -0.2) is 0 Å². The average molecular weight is 276 g/mol. The number of pyridine rings is 1. The Labute approximate surface area is 119 Å². The third kappa shape index (κ3) is 2.03. The van der Waals surface area contributed by atoms with Gasteiger partial charge in [-0.1, -0.05) is 0 Å². The summed E-state index contributed by atoms with van der Waals surface area (Å²) in [4.78, 5) is 15.5. The number of aromatic nitrogens is 1. The minimum atomic E-state index is -0.597. The lowest BCUT2D eigenvalue weighted by Crippen LogP contribution is -2.51. The maximum Gasteiger partial charge on any atom is 0.500 e. The van der Waals surface area contributed by atoms with Crippen molar-refractivity contribution in [1.82, 2.24) is 10.3 Å². The van der Waals surface area contributed by atoms with E-state index in [0.717, 1.165) is 18.8 Å². The molecule has 20 heavy (non-hydrogen) atoms. The minimum Gasteiger partial charge on any atom is -0.399 e. The molecule has 0 bridgehead atoms. The van der Waals surface area contributed by atoms with Gasteiger partial charge >= 0.3 is 7.12 Å².